The molecule has 0 bridgehead atoms. The smallest absolute Gasteiger partial charge is 0.182 e. The van der Waals surface area contributed by atoms with Crippen LogP contribution in [0.15, 0.2) is 18.2 Å². The van der Waals surface area contributed by atoms with Crippen LogP contribution in [-0.2, 0) is 0 Å². The summed E-state index contributed by atoms with van der Waals surface area (Å²) in [6.45, 7) is 7.37. The Bertz CT molecular complexity index is 717. The minimum Gasteiger partial charge on any atom is -0.316 e. The van der Waals surface area contributed by atoms with E-state index < -0.39 is 5.38 Å². The topological polar surface area (TPSA) is 22.0 Å². The summed E-state index contributed by atoms with van der Waals surface area (Å²) in [6.07, 6.45) is 0. The number of halogens is 3. The highest BCUT2D eigenvalue weighted by Gasteiger charge is 2.21. The molecule has 1 aromatic heterocycles. The van der Waals surface area contributed by atoms with Crippen LogP contribution in [-0.4, -0.2) is 15.7 Å². The van der Waals surface area contributed by atoms with E-state index in [1.54, 1.807) is 6.92 Å². The fraction of sp³-hybridized carbons (Fsp3) is 0.312. The Kier molecular flexibility index (Phi) is 4.72. The molecule has 1 heterocycles. The Hall–Kier alpha value is -0.960. The Balaban J connectivity index is 2.66. The lowest BCUT2D eigenvalue weighted by Gasteiger charge is -2.13. The highest BCUT2D eigenvalue weighted by atomic mass is 35.5. The molecular weight excluding hydrogens is 329 g/mol. The first-order valence-corrected chi connectivity index (χ1v) is 7.76. The molecule has 1 atom stereocenters. The van der Waals surface area contributed by atoms with E-state index in [4.69, 9.17) is 34.8 Å². The minimum absolute atomic E-state index is 0.0923. The van der Waals surface area contributed by atoms with Gasteiger partial charge in [0.05, 0.1) is 16.1 Å². The van der Waals surface area contributed by atoms with E-state index in [0.717, 1.165) is 22.6 Å². The molecule has 5 heteroatoms. The van der Waals surface area contributed by atoms with Crippen LogP contribution in [0, 0.1) is 20.8 Å². The summed E-state index contributed by atoms with van der Waals surface area (Å²) < 4.78 is 1.93. The molecule has 0 aliphatic heterocycles. The number of rotatable bonds is 3. The zero-order chi connectivity index (χ0) is 15.9. The Morgan fingerprint density at radius 1 is 1.10 bits per heavy atom. The lowest BCUT2D eigenvalue weighted by atomic mass is 10.1. The summed E-state index contributed by atoms with van der Waals surface area (Å²) in [5, 5.41) is 0.674. The quantitative estimate of drug-likeness (QED) is 0.531. The van der Waals surface area contributed by atoms with Gasteiger partial charge in [-0.1, -0.05) is 23.2 Å². The van der Waals surface area contributed by atoms with Crippen LogP contribution < -0.4 is 0 Å². The molecule has 1 aromatic carbocycles. The number of hydrogen-bond donors (Lipinski definition) is 0. The van der Waals surface area contributed by atoms with Crippen molar-refractivity contribution in [1.29, 1.82) is 0 Å². The summed E-state index contributed by atoms with van der Waals surface area (Å²) in [7, 11) is 0. The molecule has 2 rings (SSSR count). The van der Waals surface area contributed by atoms with Crippen LogP contribution in [0.2, 0.25) is 10.0 Å². The highest BCUT2D eigenvalue weighted by molar-refractivity contribution is 6.35. The molecule has 112 valence electrons. The van der Waals surface area contributed by atoms with E-state index >= 15 is 0 Å². The van der Waals surface area contributed by atoms with E-state index in [2.05, 4.69) is 0 Å². The van der Waals surface area contributed by atoms with Crippen molar-refractivity contribution in [1.82, 2.24) is 4.57 Å². The zero-order valence-corrected chi connectivity index (χ0v) is 14.6. The molecule has 0 amide bonds. The highest BCUT2D eigenvalue weighted by Crippen LogP contribution is 2.31. The molecule has 0 radical (unpaired) electrons. The second-order valence-corrected chi connectivity index (χ2v) is 6.62. The van der Waals surface area contributed by atoms with Gasteiger partial charge in [0.2, 0.25) is 0 Å². The summed E-state index contributed by atoms with van der Waals surface area (Å²) in [5.41, 5.74) is 4.02. The van der Waals surface area contributed by atoms with Crippen LogP contribution in [0.5, 0.6) is 0 Å². The lowest BCUT2D eigenvalue weighted by molar-refractivity contribution is 0.0991. The third-order valence-electron chi connectivity index (χ3n) is 3.53. The molecule has 0 saturated heterocycles. The molecule has 0 aliphatic carbocycles. The monoisotopic (exact) mass is 343 g/mol. The van der Waals surface area contributed by atoms with Crippen LogP contribution >= 0.6 is 34.8 Å². The van der Waals surface area contributed by atoms with Gasteiger partial charge in [0.25, 0.3) is 0 Å². The standard InChI is InChI=1S/C16H16Cl3NO/c1-8-5-14(19)15(7-13(8)18)20-9(2)6-12(11(20)4)16(21)10(3)17/h5-7,10H,1-4H3. The number of Topliss-reactive ketones (excluding diaryl/α,β-unsaturated/α-hetero) is 1. The molecule has 0 aliphatic rings. The van der Waals surface area contributed by atoms with Gasteiger partial charge in [0, 0.05) is 22.0 Å². The molecule has 0 fully saturated rings. The third kappa shape index (κ3) is 2.98. The molecule has 0 saturated carbocycles. The van der Waals surface area contributed by atoms with Gasteiger partial charge >= 0.3 is 0 Å². The molecule has 21 heavy (non-hydrogen) atoms. The Labute approximate surface area is 139 Å². The number of aromatic nitrogens is 1. The SMILES string of the molecule is Cc1cc(Cl)c(-n2c(C)cc(C(=O)C(C)Cl)c2C)cc1Cl. The van der Waals surface area contributed by atoms with E-state index in [-0.39, 0.29) is 5.78 Å². The van der Waals surface area contributed by atoms with Crippen molar-refractivity contribution in [3.05, 3.63) is 50.8 Å². The second kappa shape index (κ2) is 6.04. The van der Waals surface area contributed by atoms with Gasteiger partial charge in [-0.15, -0.1) is 11.6 Å². The minimum atomic E-state index is -0.559. The first kappa shape index (κ1) is 16.4. The molecule has 1 unspecified atom stereocenters. The largest absolute Gasteiger partial charge is 0.316 e. The average Bonchev–Trinajstić information content (AvgIpc) is 2.68. The number of hydrogen-bond acceptors (Lipinski definition) is 1. The maximum Gasteiger partial charge on any atom is 0.182 e. The summed E-state index contributed by atoms with van der Waals surface area (Å²) >= 11 is 18.5. The zero-order valence-electron chi connectivity index (χ0n) is 12.3. The summed E-state index contributed by atoms with van der Waals surface area (Å²) in [6, 6.07) is 5.47. The normalized spacial score (nSPS) is 12.5. The van der Waals surface area contributed by atoms with Gasteiger partial charge in [0.1, 0.15) is 0 Å². The van der Waals surface area contributed by atoms with Crippen LogP contribution in [0.3, 0.4) is 0 Å². The average molecular weight is 345 g/mol. The van der Waals surface area contributed by atoms with E-state index in [1.165, 1.54) is 0 Å². The number of nitrogens with zero attached hydrogens (tertiary/aromatic N) is 1. The Morgan fingerprint density at radius 2 is 1.71 bits per heavy atom. The Morgan fingerprint density at radius 3 is 2.29 bits per heavy atom. The third-order valence-corrected chi connectivity index (χ3v) is 4.43. The maximum atomic E-state index is 12.2. The maximum absolute atomic E-state index is 12.2. The molecule has 0 N–H and O–H groups in total. The molecular formula is C16H16Cl3NO. The second-order valence-electron chi connectivity index (χ2n) is 5.15. The van der Waals surface area contributed by atoms with Crippen LogP contribution in [0.25, 0.3) is 5.69 Å². The van der Waals surface area contributed by atoms with Crippen LogP contribution in [0.4, 0.5) is 0 Å². The first-order valence-electron chi connectivity index (χ1n) is 6.57. The number of carbonyl (C=O) groups is 1. The predicted molar refractivity (Wildman–Crippen MR) is 89.6 cm³/mol. The number of alkyl halides is 1. The van der Waals surface area contributed by atoms with Gasteiger partial charge in [-0.3, -0.25) is 4.79 Å². The van der Waals surface area contributed by atoms with Crippen molar-refractivity contribution in [2.45, 2.75) is 33.1 Å². The van der Waals surface area contributed by atoms with Crippen molar-refractivity contribution in [2.24, 2.45) is 0 Å². The molecule has 2 nitrogen and oxygen atoms in total. The molecule has 0 spiro atoms. The number of ketones is 1. The van der Waals surface area contributed by atoms with Gasteiger partial charge in [-0.25, -0.2) is 0 Å². The fourth-order valence-electron chi connectivity index (χ4n) is 2.40. The predicted octanol–water partition coefficient (Wildman–Crippen LogP) is 5.52. The number of carbonyl (C=O) groups excluding carboxylic acids is 1. The molecule has 2 aromatic rings. The van der Waals surface area contributed by atoms with E-state index in [0.29, 0.717) is 15.6 Å². The van der Waals surface area contributed by atoms with Crippen molar-refractivity contribution >= 4 is 40.6 Å². The van der Waals surface area contributed by atoms with Gasteiger partial charge in [-0.2, -0.15) is 0 Å². The van der Waals surface area contributed by atoms with Crippen molar-refractivity contribution < 1.29 is 4.79 Å². The fourth-order valence-corrected chi connectivity index (χ4v) is 2.98. The van der Waals surface area contributed by atoms with E-state index in [9.17, 15) is 4.79 Å². The van der Waals surface area contributed by atoms with Crippen LogP contribution in [0.1, 0.15) is 34.2 Å². The number of aryl methyl sites for hydroxylation is 2. The van der Waals surface area contributed by atoms with Crippen molar-refractivity contribution in [3.63, 3.8) is 0 Å². The summed E-state index contributed by atoms with van der Waals surface area (Å²) in [4.78, 5) is 12.2. The van der Waals surface area contributed by atoms with Gasteiger partial charge in [-0.05, 0) is 51.5 Å². The van der Waals surface area contributed by atoms with Gasteiger partial charge < -0.3 is 4.57 Å². The van der Waals surface area contributed by atoms with Crippen molar-refractivity contribution in [2.75, 3.05) is 0 Å². The van der Waals surface area contributed by atoms with Crippen molar-refractivity contribution in [3.8, 4) is 5.69 Å². The lowest BCUT2D eigenvalue weighted by Crippen LogP contribution is -2.11. The van der Waals surface area contributed by atoms with E-state index in [1.807, 2.05) is 43.5 Å². The summed E-state index contributed by atoms with van der Waals surface area (Å²) in [5.74, 6) is -0.0923. The number of benzene rings is 1. The first-order chi connectivity index (χ1) is 9.73. The van der Waals surface area contributed by atoms with Gasteiger partial charge in [0.15, 0.2) is 5.78 Å².